The summed E-state index contributed by atoms with van der Waals surface area (Å²) in [6.45, 7) is 6.07. The van der Waals surface area contributed by atoms with Gasteiger partial charge in [0.25, 0.3) is 0 Å². The summed E-state index contributed by atoms with van der Waals surface area (Å²) in [5.41, 5.74) is 0. The number of unbranched alkanes of at least 4 members (excludes halogenated alkanes) is 7. The van der Waals surface area contributed by atoms with Crippen LogP contribution in [0.1, 0.15) is 58.3 Å². The quantitative estimate of drug-likeness (QED) is 0.285. The topological polar surface area (TPSA) is 35.5 Å². The second-order valence-electron chi connectivity index (χ2n) is 3.86. The van der Waals surface area contributed by atoms with E-state index < -0.39 is 8.25 Å². The molecule has 1 atom stereocenters. The molecule has 0 rings (SSSR count). The molecule has 96 valence electrons. The van der Waals surface area contributed by atoms with E-state index in [4.69, 9.17) is 4.52 Å². The van der Waals surface area contributed by atoms with Gasteiger partial charge in [0.05, 0.1) is 12.9 Å². The minimum atomic E-state index is -2.31. The smallest absolute Gasteiger partial charge is 0.367 e. The Morgan fingerprint density at radius 3 is 2.19 bits per heavy atom. The molecule has 0 saturated carbocycles. The molecule has 1 unspecified atom stereocenters. The highest BCUT2D eigenvalue weighted by Crippen LogP contribution is 2.24. The van der Waals surface area contributed by atoms with E-state index in [0.717, 1.165) is 19.1 Å². The zero-order valence-corrected chi connectivity index (χ0v) is 11.4. The molecule has 0 aliphatic heterocycles. The van der Waals surface area contributed by atoms with E-state index in [9.17, 15) is 4.57 Å². The van der Waals surface area contributed by atoms with E-state index >= 15 is 0 Å². The molecule has 0 saturated heterocycles. The molecule has 0 heterocycles. The summed E-state index contributed by atoms with van der Waals surface area (Å²) in [6.07, 6.45) is 11.2. The number of rotatable bonds is 12. The van der Waals surface area contributed by atoms with Crippen molar-refractivity contribution in [3.63, 3.8) is 0 Å². The van der Waals surface area contributed by atoms with Gasteiger partial charge in [0, 0.05) is 0 Å². The Balaban J connectivity index is 3.03. The van der Waals surface area contributed by atoms with Gasteiger partial charge in [-0.2, -0.15) is 0 Å². The zero-order valence-electron chi connectivity index (χ0n) is 10.4. The molecule has 0 aliphatic carbocycles. The van der Waals surface area contributed by atoms with Crippen LogP contribution in [0.15, 0.2) is 12.8 Å². The van der Waals surface area contributed by atoms with E-state index in [2.05, 4.69) is 18.0 Å². The summed E-state index contributed by atoms with van der Waals surface area (Å²) >= 11 is 0. The summed E-state index contributed by atoms with van der Waals surface area (Å²) in [6, 6.07) is 0. The Morgan fingerprint density at radius 1 is 1.06 bits per heavy atom. The molecule has 0 aromatic carbocycles. The van der Waals surface area contributed by atoms with Gasteiger partial charge in [0.15, 0.2) is 0 Å². The average molecular weight is 248 g/mol. The maximum Gasteiger partial charge on any atom is 0.367 e. The normalized spacial score (nSPS) is 12.3. The maximum absolute atomic E-state index is 10.9. The summed E-state index contributed by atoms with van der Waals surface area (Å²) in [5.74, 6) is 0. The highest BCUT2D eigenvalue weighted by molar-refractivity contribution is 7.33. The summed E-state index contributed by atoms with van der Waals surface area (Å²) < 4.78 is 20.5. The second kappa shape index (κ2) is 12.8. The van der Waals surface area contributed by atoms with Crippen molar-refractivity contribution in [3.05, 3.63) is 12.8 Å². The fourth-order valence-corrected chi connectivity index (χ4v) is 2.01. The molecule has 0 amide bonds. The highest BCUT2D eigenvalue weighted by atomic mass is 31.1. The van der Waals surface area contributed by atoms with Crippen LogP contribution in [0.3, 0.4) is 0 Å². The number of hydrogen-bond donors (Lipinski definition) is 0. The van der Waals surface area contributed by atoms with Crippen LogP contribution >= 0.6 is 8.25 Å². The molecule has 0 fully saturated rings. The lowest BCUT2D eigenvalue weighted by atomic mass is 10.1. The second-order valence-corrected chi connectivity index (χ2v) is 4.88. The lowest BCUT2D eigenvalue weighted by Crippen LogP contribution is -1.88. The largest absolute Gasteiger partial charge is 0.435 e. The summed E-state index contributed by atoms with van der Waals surface area (Å²) in [4.78, 5) is 0. The Bertz CT molecular complexity index is 183. The van der Waals surface area contributed by atoms with Crippen molar-refractivity contribution in [2.75, 3.05) is 6.61 Å². The molecular weight excluding hydrogens is 223 g/mol. The van der Waals surface area contributed by atoms with Crippen LogP contribution < -0.4 is 0 Å². The molecule has 0 N–H and O–H groups in total. The van der Waals surface area contributed by atoms with Crippen molar-refractivity contribution in [1.29, 1.82) is 0 Å². The van der Waals surface area contributed by atoms with Gasteiger partial charge in [0.1, 0.15) is 0 Å². The van der Waals surface area contributed by atoms with Gasteiger partial charge in [-0.3, -0.25) is 0 Å². The van der Waals surface area contributed by atoms with Crippen LogP contribution in [0.25, 0.3) is 0 Å². The lowest BCUT2D eigenvalue weighted by molar-refractivity contribution is 0.264. The van der Waals surface area contributed by atoms with Crippen molar-refractivity contribution in [1.82, 2.24) is 0 Å². The van der Waals surface area contributed by atoms with Crippen LogP contribution in [0, 0.1) is 0 Å². The Hall–Kier alpha value is -0.270. The molecule has 3 nitrogen and oxygen atoms in total. The predicted molar refractivity (Wildman–Crippen MR) is 68.8 cm³/mol. The van der Waals surface area contributed by atoms with Crippen LogP contribution in [0.2, 0.25) is 0 Å². The minimum Gasteiger partial charge on any atom is -0.435 e. The van der Waals surface area contributed by atoms with E-state index in [0.29, 0.717) is 6.61 Å². The van der Waals surface area contributed by atoms with E-state index in [-0.39, 0.29) is 0 Å². The highest BCUT2D eigenvalue weighted by Gasteiger charge is 1.96. The van der Waals surface area contributed by atoms with Crippen LogP contribution in [0.4, 0.5) is 0 Å². The van der Waals surface area contributed by atoms with E-state index in [1.165, 1.54) is 38.5 Å². The van der Waals surface area contributed by atoms with Gasteiger partial charge in [-0.25, -0.2) is 4.57 Å². The third kappa shape index (κ3) is 11.8. The summed E-state index contributed by atoms with van der Waals surface area (Å²) in [7, 11) is -2.31. The molecule has 0 aliphatic rings. The van der Waals surface area contributed by atoms with Gasteiger partial charge in [-0.15, -0.1) is 0 Å². The molecular formula is C12H25O3P. The number of hydrogen-bond acceptors (Lipinski definition) is 3. The Kier molecular flexibility index (Phi) is 12.6. The van der Waals surface area contributed by atoms with Gasteiger partial charge >= 0.3 is 8.25 Å². The zero-order chi connectivity index (χ0) is 12.1. The van der Waals surface area contributed by atoms with Gasteiger partial charge in [0.2, 0.25) is 0 Å². The van der Waals surface area contributed by atoms with E-state index in [1.807, 2.05) is 0 Å². The van der Waals surface area contributed by atoms with Crippen molar-refractivity contribution < 1.29 is 13.6 Å². The molecule has 16 heavy (non-hydrogen) atoms. The fraction of sp³-hybridized carbons (Fsp3) is 0.833. The van der Waals surface area contributed by atoms with E-state index in [1.54, 1.807) is 0 Å². The van der Waals surface area contributed by atoms with Crippen molar-refractivity contribution in [2.24, 2.45) is 0 Å². The third-order valence-electron chi connectivity index (χ3n) is 2.40. The average Bonchev–Trinajstić information content (AvgIpc) is 2.27. The van der Waals surface area contributed by atoms with Crippen molar-refractivity contribution in [2.45, 2.75) is 58.3 Å². The predicted octanol–water partition coefficient (Wildman–Crippen LogP) is 4.69. The molecule has 0 spiro atoms. The van der Waals surface area contributed by atoms with Gasteiger partial charge in [-0.05, 0) is 6.42 Å². The molecule has 0 aromatic rings. The molecule has 0 radical (unpaired) electrons. The maximum atomic E-state index is 10.9. The fourth-order valence-electron chi connectivity index (χ4n) is 1.49. The van der Waals surface area contributed by atoms with Crippen molar-refractivity contribution >= 4 is 8.25 Å². The monoisotopic (exact) mass is 248 g/mol. The first-order chi connectivity index (χ1) is 7.81. The third-order valence-corrected chi connectivity index (χ3v) is 3.20. The molecule has 0 bridgehead atoms. The van der Waals surface area contributed by atoms with Crippen LogP contribution in [-0.2, 0) is 13.6 Å². The van der Waals surface area contributed by atoms with Crippen LogP contribution in [-0.4, -0.2) is 6.61 Å². The van der Waals surface area contributed by atoms with Gasteiger partial charge < -0.3 is 9.05 Å². The van der Waals surface area contributed by atoms with Crippen LogP contribution in [0.5, 0.6) is 0 Å². The SMILES string of the molecule is C=CO[PH](=O)OCCCCCCCCCC. The first kappa shape index (κ1) is 15.7. The Labute approximate surface area is 100 Å². The molecule has 0 aromatic heterocycles. The summed E-state index contributed by atoms with van der Waals surface area (Å²) in [5, 5.41) is 0. The first-order valence-electron chi connectivity index (χ1n) is 6.25. The standard InChI is InChI=1S/C12H25O3P/c1-3-5-6-7-8-9-10-11-12-15-16(13)14-4-2/h4,16H,2-3,5-12H2,1H3. The first-order valence-corrected chi connectivity index (χ1v) is 7.48. The Morgan fingerprint density at radius 2 is 1.62 bits per heavy atom. The molecule has 4 heteroatoms. The minimum absolute atomic E-state index is 0.528. The lowest BCUT2D eigenvalue weighted by Gasteiger charge is -2.03. The van der Waals surface area contributed by atoms with Gasteiger partial charge in [-0.1, -0.05) is 58.4 Å². The van der Waals surface area contributed by atoms with Crippen molar-refractivity contribution in [3.8, 4) is 0 Å².